The molecule has 0 unspecified atom stereocenters. The molecule has 1 aliphatic rings. The smallest absolute Gasteiger partial charge is 0.268 e. The van der Waals surface area contributed by atoms with Crippen LogP contribution >= 0.6 is 11.6 Å². The van der Waals surface area contributed by atoms with E-state index in [9.17, 15) is 4.79 Å². The van der Waals surface area contributed by atoms with Gasteiger partial charge in [0.05, 0.1) is 5.69 Å². The topological polar surface area (TPSA) is 64.3 Å². The van der Waals surface area contributed by atoms with E-state index in [0.29, 0.717) is 22.1 Å². The molecular formula is C10H11ClN2O2. The normalized spacial score (nSPS) is 17.7. The van der Waals surface area contributed by atoms with Crippen molar-refractivity contribution in [1.29, 1.82) is 0 Å². The Morgan fingerprint density at radius 3 is 2.80 bits per heavy atom. The summed E-state index contributed by atoms with van der Waals surface area (Å²) in [5.41, 5.74) is 5.71. The van der Waals surface area contributed by atoms with E-state index >= 15 is 0 Å². The lowest BCUT2D eigenvalue weighted by atomic mass is 10.1. The maximum Gasteiger partial charge on any atom is 0.268 e. The molecule has 4 nitrogen and oxygen atoms in total. The van der Waals surface area contributed by atoms with Crippen LogP contribution in [-0.2, 0) is 4.79 Å². The van der Waals surface area contributed by atoms with Crippen molar-refractivity contribution >= 4 is 28.9 Å². The van der Waals surface area contributed by atoms with E-state index in [1.807, 2.05) is 0 Å². The lowest BCUT2D eigenvalue weighted by molar-refractivity contribution is -0.129. The van der Waals surface area contributed by atoms with Gasteiger partial charge in [0.25, 0.3) is 5.91 Å². The minimum atomic E-state index is -0.899. The zero-order valence-electron chi connectivity index (χ0n) is 8.43. The minimum absolute atomic E-state index is 0.218. The number of benzene rings is 1. The predicted octanol–water partition coefficient (Wildman–Crippen LogP) is 2.03. The SMILES string of the molecule is CC1(C)Oc2cc(Cl)cc(N)c2NC1=O. The van der Waals surface area contributed by atoms with Crippen LogP contribution in [0.4, 0.5) is 11.4 Å². The van der Waals surface area contributed by atoms with Crippen LogP contribution in [0.5, 0.6) is 5.75 Å². The molecule has 0 atom stereocenters. The van der Waals surface area contributed by atoms with Crippen molar-refractivity contribution in [2.45, 2.75) is 19.4 Å². The molecule has 0 bridgehead atoms. The van der Waals surface area contributed by atoms with Gasteiger partial charge in [0.1, 0.15) is 11.4 Å². The Hall–Kier alpha value is -1.42. The van der Waals surface area contributed by atoms with E-state index in [1.165, 1.54) is 0 Å². The summed E-state index contributed by atoms with van der Waals surface area (Å²) in [6.07, 6.45) is 0. The molecule has 1 heterocycles. The molecule has 0 aromatic heterocycles. The van der Waals surface area contributed by atoms with Crippen LogP contribution in [0.15, 0.2) is 12.1 Å². The zero-order chi connectivity index (χ0) is 11.2. The molecule has 0 fully saturated rings. The van der Waals surface area contributed by atoms with Crippen LogP contribution in [0.1, 0.15) is 13.8 Å². The maximum atomic E-state index is 11.6. The van der Waals surface area contributed by atoms with Crippen molar-refractivity contribution in [3.63, 3.8) is 0 Å². The Balaban J connectivity index is 2.55. The van der Waals surface area contributed by atoms with Gasteiger partial charge in [-0.25, -0.2) is 0 Å². The van der Waals surface area contributed by atoms with E-state index < -0.39 is 5.60 Å². The van der Waals surface area contributed by atoms with Gasteiger partial charge in [-0.1, -0.05) is 11.6 Å². The highest BCUT2D eigenvalue weighted by atomic mass is 35.5. The highest BCUT2D eigenvalue weighted by Gasteiger charge is 2.36. The zero-order valence-corrected chi connectivity index (χ0v) is 9.18. The quantitative estimate of drug-likeness (QED) is 0.666. The van der Waals surface area contributed by atoms with Gasteiger partial charge in [0.15, 0.2) is 5.60 Å². The van der Waals surface area contributed by atoms with Gasteiger partial charge in [-0.3, -0.25) is 4.79 Å². The third-order valence-electron chi connectivity index (χ3n) is 2.25. The summed E-state index contributed by atoms with van der Waals surface area (Å²) in [4.78, 5) is 11.6. The van der Waals surface area contributed by atoms with Crippen LogP contribution in [-0.4, -0.2) is 11.5 Å². The van der Waals surface area contributed by atoms with E-state index in [0.717, 1.165) is 0 Å². The first-order chi connectivity index (χ1) is 6.90. The van der Waals surface area contributed by atoms with Crippen LogP contribution in [0.25, 0.3) is 0 Å². The number of ether oxygens (including phenoxy) is 1. The summed E-state index contributed by atoms with van der Waals surface area (Å²) in [6, 6.07) is 3.21. The fraction of sp³-hybridized carbons (Fsp3) is 0.300. The first-order valence-electron chi connectivity index (χ1n) is 4.49. The fourth-order valence-electron chi connectivity index (χ4n) is 1.40. The molecule has 80 valence electrons. The standard InChI is InChI=1S/C10H11ClN2O2/c1-10(2)9(14)13-8-6(12)3-5(11)4-7(8)15-10/h3-4H,12H2,1-2H3,(H,13,14). The molecule has 0 aliphatic carbocycles. The fourth-order valence-corrected chi connectivity index (χ4v) is 1.62. The van der Waals surface area contributed by atoms with Gasteiger partial charge in [-0.2, -0.15) is 0 Å². The lowest BCUT2D eigenvalue weighted by Gasteiger charge is -2.32. The minimum Gasteiger partial charge on any atom is -0.476 e. The highest BCUT2D eigenvalue weighted by Crippen LogP contribution is 2.39. The van der Waals surface area contributed by atoms with E-state index in [1.54, 1.807) is 26.0 Å². The van der Waals surface area contributed by atoms with Crippen LogP contribution in [0, 0.1) is 0 Å². The third kappa shape index (κ3) is 1.61. The Labute approximate surface area is 92.4 Å². The molecule has 0 saturated carbocycles. The number of nitrogens with two attached hydrogens (primary N) is 1. The molecule has 0 saturated heterocycles. The van der Waals surface area contributed by atoms with Gasteiger partial charge in [-0.15, -0.1) is 0 Å². The number of amides is 1. The van der Waals surface area contributed by atoms with E-state index in [-0.39, 0.29) is 5.91 Å². The third-order valence-corrected chi connectivity index (χ3v) is 2.47. The molecule has 1 aliphatic heterocycles. The van der Waals surface area contributed by atoms with E-state index in [4.69, 9.17) is 22.1 Å². The molecular weight excluding hydrogens is 216 g/mol. The summed E-state index contributed by atoms with van der Waals surface area (Å²) < 4.78 is 5.52. The maximum absolute atomic E-state index is 11.6. The number of nitrogens with one attached hydrogen (secondary N) is 1. The molecule has 15 heavy (non-hydrogen) atoms. The van der Waals surface area contributed by atoms with Crippen LogP contribution < -0.4 is 15.8 Å². The Morgan fingerprint density at radius 1 is 1.47 bits per heavy atom. The molecule has 2 rings (SSSR count). The largest absolute Gasteiger partial charge is 0.476 e. The number of carbonyl (C=O) groups is 1. The van der Waals surface area contributed by atoms with Crippen molar-refractivity contribution < 1.29 is 9.53 Å². The Kier molecular flexibility index (Phi) is 2.04. The van der Waals surface area contributed by atoms with Crippen molar-refractivity contribution in [1.82, 2.24) is 0 Å². The first kappa shape index (κ1) is 10.1. The number of carbonyl (C=O) groups excluding carboxylic acids is 1. The Morgan fingerprint density at radius 2 is 2.13 bits per heavy atom. The van der Waals surface area contributed by atoms with Gasteiger partial charge >= 0.3 is 0 Å². The van der Waals surface area contributed by atoms with Crippen molar-refractivity contribution in [2.24, 2.45) is 0 Å². The first-order valence-corrected chi connectivity index (χ1v) is 4.87. The van der Waals surface area contributed by atoms with Gasteiger partial charge < -0.3 is 15.8 Å². The second-order valence-electron chi connectivity index (χ2n) is 3.93. The summed E-state index contributed by atoms with van der Waals surface area (Å²) in [7, 11) is 0. The summed E-state index contributed by atoms with van der Waals surface area (Å²) in [5.74, 6) is 0.286. The number of halogens is 1. The summed E-state index contributed by atoms with van der Waals surface area (Å²) in [6.45, 7) is 3.37. The van der Waals surface area contributed by atoms with Gasteiger partial charge in [0.2, 0.25) is 0 Å². The Bertz CT molecular complexity index is 443. The molecule has 5 heteroatoms. The number of anilines is 2. The van der Waals surface area contributed by atoms with Gasteiger partial charge in [0, 0.05) is 11.1 Å². The number of hydrogen-bond donors (Lipinski definition) is 2. The average molecular weight is 227 g/mol. The van der Waals surface area contributed by atoms with Crippen LogP contribution in [0.3, 0.4) is 0 Å². The van der Waals surface area contributed by atoms with Crippen LogP contribution in [0.2, 0.25) is 5.02 Å². The van der Waals surface area contributed by atoms with E-state index in [2.05, 4.69) is 5.32 Å². The summed E-state index contributed by atoms with van der Waals surface area (Å²) >= 11 is 5.84. The predicted molar refractivity (Wildman–Crippen MR) is 59.2 cm³/mol. The second-order valence-corrected chi connectivity index (χ2v) is 4.37. The molecule has 1 amide bonds. The number of fused-ring (bicyclic) bond motifs is 1. The molecule has 1 aromatic rings. The molecule has 1 aromatic carbocycles. The van der Waals surface area contributed by atoms with Crippen molar-refractivity contribution in [3.05, 3.63) is 17.2 Å². The van der Waals surface area contributed by atoms with Gasteiger partial charge in [-0.05, 0) is 19.9 Å². The molecule has 3 N–H and O–H groups in total. The summed E-state index contributed by atoms with van der Waals surface area (Å²) in [5, 5.41) is 3.18. The number of nitrogen functional groups attached to an aromatic ring is 1. The number of hydrogen-bond acceptors (Lipinski definition) is 3. The monoisotopic (exact) mass is 226 g/mol. The van der Waals surface area contributed by atoms with Crippen molar-refractivity contribution in [2.75, 3.05) is 11.1 Å². The second kappa shape index (κ2) is 3.03. The van der Waals surface area contributed by atoms with Crippen molar-refractivity contribution in [3.8, 4) is 5.75 Å². The lowest BCUT2D eigenvalue weighted by Crippen LogP contribution is -2.45. The number of rotatable bonds is 0. The molecule has 0 radical (unpaired) electrons. The average Bonchev–Trinajstić information content (AvgIpc) is 2.08. The molecule has 0 spiro atoms. The highest BCUT2D eigenvalue weighted by molar-refractivity contribution is 6.31.